The van der Waals surface area contributed by atoms with Crippen molar-refractivity contribution in [2.45, 2.75) is 26.8 Å². The Hall–Kier alpha value is -1.32. The molecule has 1 rings (SSSR count). The van der Waals surface area contributed by atoms with Crippen molar-refractivity contribution < 1.29 is 9.53 Å². The van der Waals surface area contributed by atoms with Crippen molar-refractivity contribution in [3.8, 4) is 0 Å². The number of nitrogens with zero attached hydrogens (tertiary/aromatic N) is 2. The zero-order valence-corrected chi connectivity index (χ0v) is 7.99. The summed E-state index contributed by atoms with van der Waals surface area (Å²) in [5.74, 6) is 0.764. The van der Waals surface area contributed by atoms with Crippen molar-refractivity contribution >= 4 is 5.97 Å². The molecule has 13 heavy (non-hydrogen) atoms. The Labute approximate surface area is 77.5 Å². The van der Waals surface area contributed by atoms with Gasteiger partial charge in [0.1, 0.15) is 5.82 Å². The molecule has 0 unspecified atom stereocenters. The minimum Gasteiger partial charge on any atom is -0.466 e. The molecule has 1 heterocycles. The van der Waals surface area contributed by atoms with Crippen molar-refractivity contribution in [3.63, 3.8) is 0 Å². The van der Waals surface area contributed by atoms with Crippen LogP contribution in [0, 0.1) is 6.92 Å². The molecule has 4 heteroatoms. The van der Waals surface area contributed by atoms with Gasteiger partial charge < -0.3 is 9.30 Å². The molecule has 1 aromatic rings. The van der Waals surface area contributed by atoms with Gasteiger partial charge in [-0.3, -0.25) is 4.79 Å². The summed E-state index contributed by atoms with van der Waals surface area (Å²) in [6.45, 7) is 4.80. The lowest BCUT2D eigenvalue weighted by atomic mass is 10.4. The van der Waals surface area contributed by atoms with Crippen LogP contribution in [0.1, 0.15) is 19.2 Å². The predicted molar refractivity (Wildman–Crippen MR) is 48.2 cm³/mol. The topological polar surface area (TPSA) is 44.1 Å². The van der Waals surface area contributed by atoms with E-state index in [1.165, 1.54) is 0 Å². The van der Waals surface area contributed by atoms with Gasteiger partial charge in [0.05, 0.1) is 13.0 Å². The number of rotatable bonds is 4. The molecule has 0 amide bonds. The van der Waals surface area contributed by atoms with E-state index in [-0.39, 0.29) is 5.97 Å². The molecule has 0 aromatic carbocycles. The SMILES string of the molecule is CCOC(=O)CCn1ccnc1C. The van der Waals surface area contributed by atoms with Crippen molar-refractivity contribution in [3.05, 3.63) is 18.2 Å². The Morgan fingerprint density at radius 1 is 1.69 bits per heavy atom. The van der Waals surface area contributed by atoms with E-state index in [2.05, 4.69) is 4.98 Å². The maximum Gasteiger partial charge on any atom is 0.307 e. The van der Waals surface area contributed by atoms with Gasteiger partial charge in [0, 0.05) is 18.9 Å². The van der Waals surface area contributed by atoms with E-state index in [1.807, 2.05) is 17.7 Å². The van der Waals surface area contributed by atoms with Crippen molar-refractivity contribution in [2.24, 2.45) is 0 Å². The largest absolute Gasteiger partial charge is 0.466 e. The van der Waals surface area contributed by atoms with E-state index >= 15 is 0 Å². The number of esters is 1. The normalized spacial score (nSPS) is 10.0. The Bertz CT molecular complexity index is 281. The number of hydrogen-bond acceptors (Lipinski definition) is 3. The van der Waals surface area contributed by atoms with E-state index in [0.29, 0.717) is 19.6 Å². The first-order chi connectivity index (χ1) is 6.24. The molecule has 0 atom stereocenters. The Kier molecular flexibility index (Phi) is 3.49. The molecule has 0 N–H and O–H groups in total. The Morgan fingerprint density at radius 3 is 3.00 bits per heavy atom. The highest BCUT2D eigenvalue weighted by Crippen LogP contribution is 1.98. The summed E-state index contributed by atoms with van der Waals surface area (Å²) < 4.78 is 6.73. The molecule has 0 spiro atoms. The van der Waals surface area contributed by atoms with Crippen LogP contribution >= 0.6 is 0 Å². The predicted octanol–water partition coefficient (Wildman–Crippen LogP) is 1.14. The van der Waals surface area contributed by atoms with Crippen molar-refractivity contribution in [1.29, 1.82) is 0 Å². The van der Waals surface area contributed by atoms with Crippen LogP contribution in [0.15, 0.2) is 12.4 Å². The zero-order valence-electron chi connectivity index (χ0n) is 7.99. The van der Waals surface area contributed by atoms with Gasteiger partial charge >= 0.3 is 5.97 Å². The summed E-state index contributed by atoms with van der Waals surface area (Å²) in [7, 11) is 0. The second kappa shape index (κ2) is 4.64. The molecule has 0 aliphatic rings. The Balaban J connectivity index is 2.35. The molecule has 0 radical (unpaired) electrons. The second-order valence-corrected chi connectivity index (χ2v) is 2.72. The van der Waals surface area contributed by atoms with Crippen LogP contribution in [-0.2, 0) is 16.1 Å². The number of aryl methyl sites for hydroxylation is 2. The summed E-state index contributed by atoms with van der Waals surface area (Å²) in [5.41, 5.74) is 0. The third-order valence-corrected chi connectivity index (χ3v) is 1.79. The lowest BCUT2D eigenvalue weighted by Gasteiger charge is -2.04. The van der Waals surface area contributed by atoms with Gasteiger partial charge in [-0.1, -0.05) is 0 Å². The molecule has 0 bridgehead atoms. The fourth-order valence-corrected chi connectivity index (χ4v) is 1.08. The fourth-order valence-electron chi connectivity index (χ4n) is 1.08. The first kappa shape index (κ1) is 9.77. The van der Waals surface area contributed by atoms with Crippen LogP contribution in [-0.4, -0.2) is 22.1 Å². The molecule has 72 valence electrons. The van der Waals surface area contributed by atoms with E-state index in [0.717, 1.165) is 5.82 Å². The standard InChI is InChI=1S/C9H14N2O2/c1-3-13-9(12)4-6-11-7-5-10-8(11)2/h5,7H,3-4,6H2,1-2H3. The summed E-state index contributed by atoms with van der Waals surface area (Å²) in [5, 5.41) is 0. The average molecular weight is 182 g/mol. The third-order valence-electron chi connectivity index (χ3n) is 1.79. The number of carbonyl (C=O) groups is 1. The van der Waals surface area contributed by atoms with Crippen LogP contribution in [0.4, 0.5) is 0 Å². The molecule has 0 saturated heterocycles. The van der Waals surface area contributed by atoms with Gasteiger partial charge in [-0.2, -0.15) is 0 Å². The van der Waals surface area contributed by atoms with E-state index in [4.69, 9.17) is 4.74 Å². The summed E-state index contributed by atoms with van der Waals surface area (Å²) in [6.07, 6.45) is 3.99. The number of imidazole rings is 1. The smallest absolute Gasteiger partial charge is 0.307 e. The van der Waals surface area contributed by atoms with Crippen LogP contribution in [0.3, 0.4) is 0 Å². The van der Waals surface area contributed by atoms with Crippen molar-refractivity contribution in [2.75, 3.05) is 6.61 Å². The van der Waals surface area contributed by atoms with Gasteiger partial charge in [-0.05, 0) is 13.8 Å². The number of carbonyl (C=O) groups excluding carboxylic acids is 1. The lowest BCUT2D eigenvalue weighted by Crippen LogP contribution is -2.09. The molecule has 0 saturated carbocycles. The number of hydrogen-bond donors (Lipinski definition) is 0. The highest BCUT2D eigenvalue weighted by Gasteiger charge is 2.02. The van der Waals surface area contributed by atoms with E-state index < -0.39 is 0 Å². The molecule has 0 aliphatic heterocycles. The first-order valence-electron chi connectivity index (χ1n) is 4.37. The molecule has 4 nitrogen and oxygen atoms in total. The van der Waals surface area contributed by atoms with Crippen LogP contribution in [0.2, 0.25) is 0 Å². The third kappa shape index (κ3) is 2.89. The maximum absolute atomic E-state index is 11.0. The first-order valence-corrected chi connectivity index (χ1v) is 4.37. The summed E-state index contributed by atoms with van der Waals surface area (Å²) in [6, 6.07) is 0. The number of ether oxygens (including phenoxy) is 1. The summed E-state index contributed by atoms with van der Waals surface area (Å²) in [4.78, 5) is 15.0. The molecule has 1 aromatic heterocycles. The van der Waals surface area contributed by atoms with E-state index in [9.17, 15) is 4.79 Å². The fraction of sp³-hybridized carbons (Fsp3) is 0.556. The molecular formula is C9H14N2O2. The van der Waals surface area contributed by atoms with Gasteiger partial charge in [0.2, 0.25) is 0 Å². The highest BCUT2D eigenvalue weighted by molar-refractivity contribution is 5.69. The van der Waals surface area contributed by atoms with Gasteiger partial charge in [0.15, 0.2) is 0 Å². The minimum absolute atomic E-state index is 0.157. The Morgan fingerprint density at radius 2 is 2.46 bits per heavy atom. The van der Waals surface area contributed by atoms with Gasteiger partial charge in [-0.15, -0.1) is 0 Å². The maximum atomic E-state index is 11.0. The quantitative estimate of drug-likeness (QED) is 0.656. The molecular weight excluding hydrogens is 168 g/mol. The van der Waals surface area contributed by atoms with Crippen LogP contribution in [0.25, 0.3) is 0 Å². The minimum atomic E-state index is -0.157. The van der Waals surface area contributed by atoms with Crippen LogP contribution in [0.5, 0.6) is 0 Å². The molecule has 0 aliphatic carbocycles. The highest BCUT2D eigenvalue weighted by atomic mass is 16.5. The summed E-state index contributed by atoms with van der Waals surface area (Å²) >= 11 is 0. The zero-order chi connectivity index (χ0) is 9.68. The lowest BCUT2D eigenvalue weighted by molar-refractivity contribution is -0.143. The number of aromatic nitrogens is 2. The van der Waals surface area contributed by atoms with E-state index in [1.54, 1.807) is 13.1 Å². The van der Waals surface area contributed by atoms with Gasteiger partial charge in [0.25, 0.3) is 0 Å². The second-order valence-electron chi connectivity index (χ2n) is 2.72. The molecule has 0 fully saturated rings. The van der Waals surface area contributed by atoms with Crippen molar-refractivity contribution in [1.82, 2.24) is 9.55 Å². The van der Waals surface area contributed by atoms with Gasteiger partial charge in [-0.25, -0.2) is 4.98 Å². The monoisotopic (exact) mass is 182 g/mol. The van der Waals surface area contributed by atoms with Crippen LogP contribution < -0.4 is 0 Å². The average Bonchev–Trinajstić information content (AvgIpc) is 2.48.